The van der Waals surface area contributed by atoms with E-state index in [1.165, 1.54) is 20.0 Å². The maximum atomic E-state index is 12.1. The highest BCUT2D eigenvalue weighted by Gasteiger charge is 2.31. The summed E-state index contributed by atoms with van der Waals surface area (Å²) in [4.78, 5) is 25.6. The van der Waals surface area contributed by atoms with Gasteiger partial charge in [0, 0.05) is 12.1 Å². The Kier molecular flexibility index (Phi) is 6.28. The van der Waals surface area contributed by atoms with Crippen LogP contribution in [0.25, 0.3) is 0 Å². The highest BCUT2D eigenvalue weighted by Crippen LogP contribution is 2.25. The second-order valence-electron chi connectivity index (χ2n) is 5.53. The lowest BCUT2D eigenvalue weighted by Gasteiger charge is -2.33. The van der Waals surface area contributed by atoms with E-state index in [9.17, 15) is 9.59 Å². The van der Waals surface area contributed by atoms with Crippen molar-refractivity contribution in [2.24, 2.45) is 0 Å². The van der Waals surface area contributed by atoms with E-state index in [-0.39, 0.29) is 30.5 Å². The second-order valence-corrected chi connectivity index (χ2v) is 5.53. The summed E-state index contributed by atoms with van der Waals surface area (Å²) in [5.74, 6) is -0.304. The molecule has 0 aromatic heterocycles. The molecule has 1 amide bonds. The van der Waals surface area contributed by atoms with Gasteiger partial charge in [0.05, 0.1) is 19.7 Å². The fourth-order valence-electron chi connectivity index (χ4n) is 2.59. The standard InChI is InChI=1S/C14H26N2O3/c1-10(2)15-14(18)11(3)16(9-13(17)19-4)12-7-5-6-8-12/h10-12H,5-9H2,1-4H3,(H,15,18). The second kappa shape index (κ2) is 7.48. The number of nitrogens with zero attached hydrogens (tertiary/aromatic N) is 1. The zero-order valence-corrected chi connectivity index (χ0v) is 12.4. The van der Waals surface area contributed by atoms with E-state index in [2.05, 4.69) is 5.32 Å². The van der Waals surface area contributed by atoms with Gasteiger partial charge in [-0.25, -0.2) is 0 Å². The van der Waals surface area contributed by atoms with E-state index >= 15 is 0 Å². The molecule has 1 rings (SSSR count). The first-order valence-corrected chi connectivity index (χ1v) is 7.08. The van der Waals surface area contributed by atoms with Crippen molar-refractivity contribution in [1.29, 1.82) is 0 Å². The van der Waals surface area contributed by atoms with E-state index < -0.39 is 0 Å². The number of carbonyl (C=O) groups is 2. The summed E-state index contributed by atoms with van der Waals surface area (Å²) in [5.41, 5.74) is 0. The van der Waals surface area contributed by atoms with Gasteiger partial charge in [0.2, 0.25) is 5.91 Å². The van der Waals surface area contributed by atoms with Crippen molar-refractivity contribution in [2.45, 2.75) is 64.6 Å². The fourth-order valence-corrected chi connectivity index (χ4v) is 2.59. The molecule has 1 fully saturated rings. The average molecular weight is 270 g/mol. The number of ether oxygens (including phenoxy) is 1. The molecule has 1 unspecified atom stereocenters. The van der Waals surface area contributed by atoms with Gasteiger partial charge in [0.15, 0.2) is 0 Å². The van der Waals surface area contributed by atoms with Crippen molar-refractivity contribution >= 4 is 11.9 Å². The molecule has 1 aliphatic carbocycles. The molecule has 0 heterocycles. The van der Waals surface area contributed by atoms with Crippen LogP contribution in [0.3, 0.4) is 0 Å². The Labute approximate surface area is 115 Å². The Morgan fingerprint density at radius 1 is 1.26 bits per heavy atom. The normalized spacial score (nSPS) is 17.8. The van der Waals surface area contributed by atoms with Gasteiger partial charge in [0.25, 0.3) is 0 Å². The van der Waals surface area contributed by atoms with Crippen LogP contribution in [0.4, 0.5) is 0 Å². The molecule has 110 valence electrons. The Balaban J connectivity index is 2.70. The first kappa shape index (κ1) is 16.0. The summed E-state index contributed by atoms with van der Waals surface area (Å²) in [6, 6.07) is 0.120. The van der Waals surface area contributed by atoms with E-state index in [0.717, 1.165) is 12.8 Å². The van der Waals surface area contributed by atoms with Crippen LogP contribution < -0.4 is 5.32 Å². The molecule has 0 saturated heterocycles. The molecular formula is C14H26N2O3. The molecule has 0 spiro atoms. The predicted octanol–water partition coefficient (Wildman–Crippen LogP) is 1.32. The fraction of sp³-hybridized carbons (Fsp3) is 0.857. The van der Waals surface area contributed by atoms with Crippen LogP contribution in [0.1, 0.15) is 46.5 Å². The summed E-state index contributed by atoms with van der Waals surface area (Å²) < 4.78 is 4.74. The maximum Gasteiger partial charge on any atom is 0.319 e. The largest absolute Gasteiger partial charge is 0.468 e. The minimum Gasteiger partial charge on any atom is -0.468 e. The van der Waals surface area contributed by atoms with Crippen LogP contribution in [0.5, 0.6) is 0 Å². The van der Waals surface area contributed by atoms with E-state index in [4.69, 9.17) is 4.74 Å². The third-order valence-electron chi connectivity index (χ3n) is 3.64. The summed E-state index contributed by atoms with van der Waals surface area (Å²) >= 11 is 0. The lowest BCUT2D eigenvalue weighted by molar-refractivity contribution is -0.144. The zero-order valence-electron chi connectivity index (χ0n) is 12.4. The smallest absolute Gasteiger partial charge is 0.319 e. The summed E-state index contributed by atoms with van der Waals surface area (Å²) in [5, 5.41) is 2.90. The Morgan fingerprint density at radius 3 is 2.32 bits per heavy atom. The number of esters is 1. The van der Waals surface area contributed by atoms with E-state index in [1.54, 1.807) is 0 Å². The molecule has 0 radical (unpaired) electrons. The molecule has 0 aromatic rings. The molecule has 1 aliphatic rings. The number of amides is 1. The lowest BCUT2D eigenvalue weighted by Crippen LogP contribution is -2.52. The third-order valence-corrected chi connectivity index (χ3v) is 3.64. The van der Waals surface area contributed by atoms with Crippen LogP contribution in [0, 0.1) is 0 Å². The molecular weight excluding hydrogens is 244 g/mol. The van der Waals surface area contributed by atoms with Crippen LogP contribution in [0.2, 0.25) is 0 Å². The quantitative estimate of drug-likeness (QED) is 0.740. The van der Waals surface area contributed by atoms with Crippen molar-refractivity contribution in [3.8, 4) is 0 Å². The van der Waals surface area contributed by atoms with Gasteiger partial charge in [-0.05, 0) is 33.6 Å². The number of methoxy groups -OCH3 is 1. The van der Waals surface area contributed by atoms with Crippen molar-refractivity contribution < 1.29 is 14.3 Å². The molecule has 1 atom stereocenters. The van der Waals surface area contributed by atoms with Crippen molar-refractivity contribution in [1.82, 2.24) is 10.2 Å². The minimum absolute atomic E-state index is 0.0224. The Hall–Kier alpha value is -1.10. The molecule has 1 N–H and O–H groups in total. The topological polar surface area (TPSA) is 58.6 Å². The summed E-state index contributed by atoms with van der Waals surface area (Å²) in [7, 11) is 1.38. The number of carbonyl (C=O) groups excluding carboxylic acids is 2. The molecule has 0 aliphatic heterocycles. The van der Waals surface area contributed by atoms with Gasteiger partial charge in [0.1, 0.15) is 0 Å². The minimum atomic E-state index is -0.301. The molecule has 0 bridgehead atoms. The summed E-state index contributed by atoms with van der Waals surface area (Å²) in [6.07, 6.45) is 4.44. The van der Waals surface area contributed by atoms with Crippen LogP contribution in [-0.4, -0.2) is 48.6 Å². The molecule has 5 heteroatoms. The zero-order chi connectivity index (χ0) is 14.4. The van der Waals surface area contributed by atoms with Crippen molar-refractivity contribution in [3.63, 3.8) is 0 Å². The monoisotopic (exact) mass is 270 g/mol. The molecule has 19 heavy (non-hydrogen) atoms. The highest BCUT2D eigenvalue weighted by molar-refractivity contribution is 5.82. The van der Waals surface area contributed by atoms with Crippen LogP contribution >= 0.6 is 0 Å². The summed E-state index contributed by atoms with van der Waals surface area (Å²) in [6.45, 7) is 5.92. The van der Waals surface area contributed by atoms with Crippen LogP contribution in [0.15, 0.2) is 0 Å². The maximum absolute atomic E-state index is 12.1. The van der Waals surface area contributed by atoms with Gasteiger partial charge in [-0.1, -0.05) is 12.8 Å². The third kappa shape index (κ3) is 4.82. The van der Waals surface area contributed by atoms with Gasteiger partial charge in [-0.2, -0.15) is 0 Å². The number of hydrogen-bond acceptors (Lipinski definition) is 4. The first-order chi connectivity index (χ1) is 8.95. The van der Waals surface area contributed by atoms with Crippen molar-refractivity contribution in [3.05, 3.63) is 0 Å². The van der Waals surface area contributed by atoms with Gasteiger partial charge < -0.3 is 10.1 Å². The molecule has 1 saturated carbocycles. The van der Waals surface area contributed by atoms with Crippen LogP contribution in [-0.2, 0) is 14.3 Å². The molecule has 0 aromatic carbocycles. The first-order valence-electron chi connectivity index (χ1n) is 7.08. The number of nitrogens with one attached hydrogen (secondary N) is 1. The molecule has 5 nitrogen and oxygen atoms in total. The van der Waals surface area contributed by atoms with Crippen molar-refractivity contribution in [2.75, 3.05) is 13.7 Å². The Bertz CT molecular complexity index is 312. The van der Waals surface area contributed by atoms with Gasteiger partial charge in [-0.15, -0.1) is 0 Å². The number of rotatable bonds is 6. The highest BCUT2D eigenvalue weighted by atomic mass is 16.5. The predicted molar refractivity (Wildman–Crippen MR) is 73.7 cm³/mol. The Morgan fingerprint density at radius 2 is 1.84 bits per heavy atom. The lowest BCUT2D eigenvalue weighted by atomic mass is 10.1. The van der Waals surface area contributed by atoms with E-state index in [0.29, 0.717) is 6.04 Å². The van der Waals surface area contributed by atoms with Gasteiger partial charge >= 0.3 is 5.97 Å². The average Bonchev–Trinajstić information content (AvgIpc) is 2.87. The number of hydrogen-bond donors (Lipinski definition) is 1. The van der Waals surface area contributed by atoms with E-state index in [1.807, 2.05) is 25.7 Å². The van der Waals surface area contributed by atoms with Gasteiger partial charge in [-0.3, -0.25) is 14.5 Å². The SMILES string of the molecule is COC(=O)CN(C1CCCC1)C(C)C(=O)NC(C)C.